The molecular formula is C26H29N3O3. The lowest BCUT2D eigenvalue weighted by atomic mass is 10.1. The first-order valence-corrected chi connectivity index (χ1v) is 11.1. The first-order valence-electron chi connectivity index (χ1n) is 11.1. The lowest BCUT2D eigenvalue weighted by Gasteiger charge is -2.28. The molecule has 1 saturated heterocycles. The predicted molar refractivity (Wildman–Crippen MR) is 125 cm³/mol. The number of rotatable bonds is 8. The second-order valence-corrected chi connectivity index (χ2v) is 7.74. The van der Waals surface area contributed by atoms with Crippen molar-refractivity contribution < 1.29 is 14.3 Å². The first kappa shape index (κ1) is 21.8. The number of amides is 1. The molecule has 1 aliphatic heterocycles. The van der Waals surface area contributed by atoms with Crippen LogP contribution in [0.4, 0.5) is 5.82 Å². The van der Waals surface area contributed by atoms with E-state index in [0.29, 0.717) is 38.5 Å². The molecule has 166 valence electrons. The van der Waals surface area contributed by atoms with Crippen LogP contribution in [0.1, 0.15) is 28.4 Å². The third-order valence-corrected chi connectivity index (χ3v) is 5.54. The fourth-order valence-corrected chi connectivity index (χ4v) is 3.65. The molecule has 1 fully saturated rings. The fourth-order valence-electron chi connectivity index (χ4n) is 3.65. The van der Waals surface area contributed by atoms with Crippen molar-refractivity contribution in [2.24, 2.45) is 0 Å². The van der Waals surface area contributed by atoms with Crippen molar-refractivity contribution >= 4 is 11.7 Å². The van der Waals surface area contributed by atoms with E-state index in [9.17, 15) is 4.79 Å². The van der Waals surface area contributed by atoms with Gasteiger partial charge in [-0.05, 0) is 42.3 Å². The average molecular weight is 432 g/mol. The Morgan fingerprint density at radius 2 is 1.75 bits per heavy atom. The summed E-state index contributed by atoms with van der Waals surface area (Å²) in [5.74, 6) is 1.69. The summed E-state index contributed by atoms with van der Waals surface area (Å²) >= 11 is 0. The predicted octanol–water partition coefficient (Wildman–Crippen LogP) is 4.16. The van der Waals surface area contributed by atoms with Crippen molar-refractivity contribution in [2.45, 2.75) is 20.1 Å². The fraction of sp³-hybridized carbons (Fsp3) is 0.308. The van der Waals surface area contributed by atoms with Crippen LogP contribution in [0, 0.1) is 0 Å². The van der Waals surface area contributed by atoms with E-state index >= 15 is 0 Å². The lowest BCUT2D eigenvalue weighted by Crippen LogP contribution is -2.36. The minimum Gasteiger partial charge on any atom is -0.489 e. The monoisotopic (exact) mass is 431 g/mol. The lowest BCUT2D eigenvalue weighted by molar-refractivity contribution is 0.0752. The number of ether oxygens (including phenoxy) is 2. The third kappa shape index (κ3) is 5.65. The second kappa shape index (κ2) is 10.8. The van der Waals surface area contributed by atoms with Gasteiger partial charge >= 0.3 is 0 Å². The maximum Gasteiger partial charge on any atom is 0.255 e. The van der Waals surface area contributed by atoms with Gasteiger partial charge in [-0.3, -0.25) is 4.79 Å². The van der Waals surface area contributed by atoms with Crippen LogP contribution in [0.3, 0.4) is 0 Å². The van der Waals surface area contributed by atoms with E-state index in [1.165, 1.54) is 0 Å². The number of pyridine rings is 1. The molecule has 0 unspecified atom stereocenters. The Labute approximate surface area is 189 Å². The highest BCUT2D eigenvalue weighted by molar-refractivity contribution is 5.94. The summed E-state index contributed by atoms with van der Waals surface area (Å²) in [6.45, 7) is 6.76. The van der Waals surface area contributed by atoms with Crippen LogP contribution in [0.2, 0.25) is 0 Å². The van der Waals surface area contributed by atoms with Gasteiger partial charge in [0.2, 0.25) is 0 Å². The minimum atomic E-state index is -0.0158. The van der Waals surface area contributed by atoms with E-state index < -0.39 is 0 Å². The summed E-state index contributed by atoms with van der Waals surface area (Å²) in [5, 5.41) is 0. The number of carbonyl (C=O) groups excluding carboxylic acids is 1. The highest BCUT2D eigenvalue weighted by Crippen LogP contribution is 2.18. The van der Waals surface area contributed by atoms with E-state index in [-0.39, 0.29) is 5.91 Å². The molecule has 0 aliphatic carbocycles. The molecule has 0 saturated carbocycles. The molecule has 0 N–H and O–H groups in total. The highest BCUT2D eigenvalue weighted by atomic mass is 16.5. The molecule has 1 amide bonds. The number of carbonyl (C=O) groups is 1. The van der Waals surface area contributed by atoms with Crippen molar-refractivity contribution in [1.29, 1.82) is 0 Å². The average Bonchev–Trinajstić information content (AvgIpc) is 2.87. The number of nitrogens with zero attached hydrogens (tertiary/aromatic N) is 3. The summed E-state index contributed by atoms with van der Waals surface area (Å²) in [4.78, 5) is 21.5. The van der Waals surface area contributed by atoms with Gasteiger partial charge in [0.05, 0.1) is 18.8 Å². The molecule has 6 heteroatoms. The van der Waals surface area contributed by atoms with Crippen molar-refractivity contribution in [3.63, 3.8) is 0 Å². The normalized spacial score (nSPS) is 13.6. The minimum absolute atomic E-state index is 0.0158. The maximum atomic E-state index is 13.0. The Balaban J connectivity index is 1.34. The largest absolute Gasteiger partial charge is 0.489 e. The van der Waals surface area contributed by atoms with E-state index in [2.05, 4.69) is 9.88 Å². The number of morpholine rings is 1. The van der Waals surface area contributed by atoms with Crippen LogP contribution in [0.5, 0.6) is 5.75 Å². The van der Waals surface area contributed by atoms with Crippen LogP contribution in [0.25, 0.3) is 0 Å². The number of anilines is 1. The van der Waals surface area contributed by atoms with Crippen molar-refractivity contribution in [3.05, 3.63) is 89.6 Å². The Bertz CT molecular complexity index is 985. The van der Waals surface area contributed by atoms with Crippen LogP contribution < -0.4 is 9.64 Å². The first-order chi connectivity index (χ1) is 15.7. The molecule has 0 bridgehead atoms. The molecule has 6 nitrogen and oxygen atoms in total. The SMILES string of the molecule is CCN(Cc1ccc(OCc2ccccc2)cc1)C(=O)c1ccc(N2CCOCC2)nc1. The zero-order valence-electron chi connectivity index (χ0n) is 18.4. The van der Waals surface area contributed by atoms with Gasteiger partial charge in [0.1, 0.15) is 18.2 Å². The van der Waals surface area contributed by atoms with Crippen LogP contribution in [0.15, 0.2) is 72.9 Å². The van der Waals surface area contributed by atoms with E-state index in [4.69, 9.17) is 9.47 Å². The molecule has 1 aliphatic rings. The second-order valence-electron chi connectivity index (χ2n) is 7.74. The van der Waals surface area contributed by atoms with Crippen molar-refractivity contribution in [2.75, 3.05) is 37.7 Å². The third-order valence-electron chi connectivity index (χ3n) is 5.54. The standard InChI is InChI=1S/C26H29N3O3/c1-2-28(26(30)23-10-13-25(27-18-23)29-14-16-31-17-15-29)19-21-8-11-24(12-9-21)32-20-22-6-4-3-5-7-22/h3-13,18H,2,14-17,19-20H2,1H3. The van der Waals surface area contributed by atoms with Gasteiger partial charge < -0.3 is 19.3 Å². The number of hydrogen-bond donors (Lipinski definition) is 0. The van der Waals surface area contributed by atoms with Gasteiger partial charge in [0, 0.05) is 32.4 Å². The summed E-state index contributed by atoms with van der Waals surface area (Å²) < 4.78 is 11.2. The van der Waals surface area contributed by atoms with E-state index in [0.717, 1.165) is 35.8 Å². The molecule has 2 aromatic carbocycles. The Kier molecular flexibility index (Phi) is 7.35. The zero-order chi connectivity index (χ0) is 22.2. The van der Waals surface area contributed by atoms with Gasteiger partial charge in [0.25, 0.3) is 5.91 Å². The summed E-state index contributed by atoms with van der Waals surface area (Å²) in [7, 11) is 0. The quantitative estimate of drug-likeness (QED) is 0.536. The number of hydrogen-bond acceptors (Lipinski definition) is 5. The maximum absolute atomic E-state index is 13.0. The Morgan fingerprint density at radius 1 is 1.00 bits per heavy atom. The van der Waals surface area contributed by atoms with E-state index in [1.807, 2.05) is 78.6 Å². The summed E-state index contributed by atoms with van der Waals surface area (Å²) in [6.07, 6.45) is 1.68. The Morgan fingerprint density at radius 3 is 2.41 bits per heavy atom. The van der Waals surface area contributed by atoms with Gasteiger partial charge in [-0.1, -0.05) is 42.5 Å². The molecule has 1 aromatic heterocycles. The molecule has 4 rings (SSSR count). The molecule has 3 aromatic rings. The molecule has 0 spiro atoms. The summed E-state index contributed by atoms with van der Waals surface area (Å²) in [5.41, 5.74) is 2.80. The smallest absolute Gasteiger partial charge is 0.255 e. The topological polar surface area (TPSA) is 54.9 Å². The van der Waals surface area contributed by atoms with Crippen LogP contribution in [-0.4, -0.2) is 48.6 Å². The van der Waals surface area contributed by atoms with Gasteiger partial charge in [-0.15, -0.1) is 0 Å². The van der Waals surface area contributed by atoms with Gasteiger partial charge in [-0.25, -0.2) is 4.98 Å². The van der Waals surface area contributed by atoms with Gasteiger partial charge in [0.15, 0.2) is 0 Å². The molecule has 0 atom stereocenters. The zero-order valence-corrected chi connectivity index (χ0v) is 18.4. The van der Waals surface area contributed by atoms with Gasteiger partial charge in [-0.2, -0.15) is 0 Å². The molecular weight excluding hydrogens is 402 g/mol. The van der Waals surface area contributed by atoms with Crippen LogP contribution >= 0.6 is 0 Å². The van der Waals surface area contributed by atoms with E-state index in [1.54, 1.807) is 6.20 Å². The number of benzene rings is 2. The van der Waals surface area contributed by atoms with Crippen molar-refractivity contribution in [1.82, 2.24) is 9.88 Å². The molecule has 0 radical (unpaired) electrons. The number of aromatic nitrogens is 1. The highest BCUT2D eigenvalue weighted by Gasteiger charge is 2.17. The molecule has 2 heterocycles. The Hall–Kier alpha value is -3.38. The van der Waals surface area contributed by atoms with Crippen LogP contribution in [-0.2, 0) is 17.9 Å². The van der Waals surface area contributed by atoms with Crippen molar-refractivity contribution in [3.8, 4) is 5.75 Å². The summed E-state index contributed by atoms with van der Waals surface area (Å²) in [6, 6.07) is 21.8. The molecule has 32 heavy (non-hydrogen) atoms.